The average molecular weight is 287 g/mol. The van der Waals surface area contributed by atoms with Crippen LogP contribution in [0.1, 0.15) is 47.6 Å². The van der Waals surface area contributed by atoms with Crippen LogP contribution in [0.15, 0.2) is 6.07 Å². The third kappa shape index (κ3) is 2.57. The van der Waals surface area contributed by atoms with Crippen molar-refractivity contribution >= 4 is 5.91 Å². The zero-order chi connectivity index (χ0) is 15.0. The molecule has 112 valence electrons. The number of aryl methyl sites for hydroxylation is 2. The molecule has 2 N–H and O–H groups in total. The molecule has 0 radical (unpaired) electrons. The van der Waals surface area contributed by atoms with Crippen LogP contribution in [0, 0.1) is 13.8 Å². The molecule has 1 saturated carbocycles. The van der Waals surface area contributed by atoms with Gasteiger partial charge in [-0.05, 0) is 32.8 Å². The van der Waals surface area contributed by atoms with E-state index in [9.17, 15) is 4.79 Å². The van der Waals surface area contributed by atoms with E-state index in [0.717, 1.165) is 35.5 Å². The monoisotopic (exact) mass is 287 g/mol. The van der Waals surface area contributed by atoms with Gasteiger partial charge in [0.1, 0.15) is 5.69 Å². The summed E-state index contributed by atoms with van der Waals surface area (Å²) in [7, 11) is 1.91. The van der Waals surface area contributed by atoms with Gasteiger partial charge in [-0.1, -0.05) is 12.8 Å². The number of amides is 1. The van der Waals surface area contributed by atoms with Crippen molar-refractivity contribution in [2.75, 3.05) is 0 Å². The number of carbonyl (C=O) groups is 1. The molecular weight excluding hydrogens is 266 g/mol. The highest BCUT2D eigenvalue weighted by Crippen LogP contribution is 2.25. The van der Waals surface area contributed by atoms with E-state index in [1.54, 1.807) is 6.07 Å². The molecule has 1 aliphatic rings. The Balaban J connectivity index is 1.81. The predicted molar refractivity (Wildman–Crippen MR) is 80.0 cm³/mol. The van der Waals surface area contributed by atoms with E-state index in [2.05, 4.69) is 20.6 Å². The first-order valence-corrected chi connectivity index (χ1v) is 7.43. The summed E-state index contributed by atoms with van der Waals surface area (Å²) in [5.41, 5.74) is 4.24. The van der Waals surface area contributed by atoms with Gasteiger partial charge in [-0.15, -0.1) is 0 Å². The van der Waals surface area contributed by atoms with Crippen LogP contribution in [0.3, 0.4) is 0 Å². The van der Waals surface area contributed by atoms with E-state index < -0.39 is 0 Å². The fraction of sp³-hybridized carbons (Fsp3) is 0.533. The van der Waals surface area contributed by atoms with Crippen molar-refractivity contribution < 1.29 is 4.79 Å². The molecule has 3 rings (SSSR count). The van der Waals surface area contributed by atoms with Gasteiger partial charge in [0, 0.05) is 24.3 Å². The largest absolute Gasteiger partial charge is 0.348 e. The van der Waals surface area contributed by atoms with Crippen molar-refractivity contribution in [3.8, 4) is 11.3 Å². The molecule has 0 spiro atoms. The number of carbonyl (C=O) groups excluding carboxylic acids is 1. The number of aromatic amines is 1. The Bertz CT molecular complexity index is 664. The van der Waals surface area contributed by atoms with Gasteiger partial charge in [-0.2, -0.15) is 10.2 Å². The third-order valence-corrected chi connectivity index (χ3v) is 4.28. The molecule has 21 heavy (non-hydrogen) atoms. The first kappa shape index (κ1) is 13.9. The number of H-pyrrole nitrogens is 1. The van der Waals surface area contributed by atoms with E-state index in [1.165, 1.54) is 12.8 Å². The average Bonchev–Trinajstić information content (AvgIpc) is 3.13. The van der Waals surface area contributed by atoms with Crippen LogP contribution in [0.4, 0.5) is 0 Å². The molecule has 6 nitrogen and oxygen atoms in total. The molecule has 2 heterocycles. The molecule has 1 fully saturated rings. The molecule has 0 atom stereocenters. The Morgan fingerprint density at radius 2 is 2.10 bits per heavy atom. The maximum Gasteiger partial charge on any atom is 0.269 e. The van der Waals surface area contributed by atoms with Gasteiger partial charge >= 0.3 is 0 Å². The second kappa shape index (κ2) is 5.35. The number of aromatic nitrogens is 4. The Kier molecular flexibility index (Phi) is 3.53. The summed E-state index contributed by atoms with van der Waals surface area (Å²) in [6.45, 7) is 3.96. The number of hydrogen-bond donors (Lipinski definition) is 2. The van der Waals surface area contributed by atoms with Crippen LogP contribution in [0.5, 0.6) is 0 Å². The molecule has 0 aliphatic heterocycles. The molecule has 6 heteroatoms. The molecule has 0 unspecified atom stereocenters. The standard InChI is InChI=1S/C15H21N5O/c1-9-14(10(2)20(3)19-9)12-8-13(18-17-12)15(21)16-11-6-4-5-7-11/h8,11H,4-7H2,1-3H3,(H,16,21)(H,17,18). The van der Waals surface area contributed by atoms with Crippen molar-refractivity contribution in [2.24, 2.45) is 7.05 Å². The minimum absolute atomic E-state index is 0.0696. The Morgan fingerprint density at radius 1 is 1.38 bits per heavy atom. The first-order valence-electron chi connectivity index (χ1n) is 7.43. The quantitative estimate of drug-likeness (QED) is 0.907. The van der Waals surface area contributed by atoms with Gasteiger partial charge in [-0.25, -0.2) is 0 Å². The maximum absolute atomic E-state index is 12.2. The number of nitrogens with one attached hydrogen (secondary N) is 2. The molecular formula is C15H21N5O. The van der Waals surface area contributed by atoms with Gasteiger partial charge in [0.05, 0.1) is 11.4 Å². The fourth-order valence-corrected chi connectivity index (χ4v) is 3.04. The summed E-state index contributed by atoms with van der Waals surface area (Å²) in [6, 6.07) is 2.12. The second-order valence-electron chi connectivity index (χ2n) is 5.79. The zero-order valence-corrected chi connectivity index (χ0v) is 12.7. The maximum atomic E-state index is 12.2. The minimum atomic E-state index is -0.0696. The topological polar surface area (TPSA) is 75.6 Å². The number of nitrogens with zero attached hydrogens (tertiary/aromatic N) is 3. The molecule has 0 saturated heterocycles. The van der Waals surface area contributed by atoms with Crippen LogP contribution < -0.4 is 5.32 Å². The SMILES string of the molecule is Cc1nn(C)c(C)c1-c1cc(C(=O)NC2CCCC2)[nH]n1. The van der Waals surface area contributed by atoms with Crippen molar-refractivity contribution in [1.29, 1.82) is 0 Å². The van der Waals surface area contributed by atoms with Crippen molar-refractivity contribution in [3.63, 3.8) is 0 Å². The zero-order valence-electron chi connectivity index (χ0n) is 12.7. The third-order valence-electron chi connectivity index (χ3n) is 4.28. The highest BCUT2D eigenvalue weighted by molar-refractivity contribution is 5.93. The number of hydrogen-bond acceptors (Lipinski definition) is 3. The van der Waals surface area contributed by atoms with Crippen LogP contribution in [-0.2, 0) is 7.05 Å². The highest BCUT2D eigenvalue weighted by Gasteiger charge is 2.21. The molecule has 0 aromatic carbocycles. The summed E-state index contributed by atoms with van der Waals surface area (Å²) in [4.78, 5) is 12.2. The van der Waals surface area contributed by atoms with Gasteiger partial charge in [0.25, 0.3) is 5.91 Å². The summed E-state index contributed by atoms with van der Waals surface area (Å²) < 4.78 is 1.83. The molecule has 1 amide bonds. The van der Waals surface area contributed by atoms with Gasteiger partial charge in [-0.3, -0.25) is 14.6 Å². The lowest BCUT2D eigenvalue weighted by Crippen LogP contribution is -2.32. The van der Waals surface area contributed by atoms with Crippen LogP contribution in [0.2, 0.25) is 0 Å². The highest BCUT2D eigenvalue weighted by atomic mass is 16.2. The van der Waals surface area contributed by atoms with Crippen molar-refractivity contribution in [3.05, 3.63) is 23.1 Å². The summed E-state index contributed by atoms with van der Waals surface area (Å²) in [6.07, 6.45) is 4.56. The van der Waals surface area contributed by atoms with E-state index in [-0.39, 0.29) is 5.91 Å². The van der Waals surface area contributed by atoms with Crippen molar-refractivity contribution in [2.45, 2.75) is 45.6 Å². The predicted octanol–water partition coefficient (Wildman–Crippen LogP) is 2.10. The first-order chi connectivity index (χ1) is 10.1. The lowest BCUT2D eigenvalue weighted by atomic mass is 10.1. The molecule has 0 bridgehead atoms. The Hall–Kier alpha value is -2.11. The molecule has 2 aromatic rings. The summed E-state index contributed by atoms with van der Waals surface area (Å²) >= 11 is 0. The lowest BCUT2D eigenvalue weighted by Gasteiger charge is -2.10. The van der Waals surface area contributed by atoms with Crippen LogP contribution in [-0.4, -0.2) is 31.9 Å². The fourth-order valence-electron chi connectivity index (χ4n) is 3.04. The second-order valence-corrected chi connectivity index (χ2v) is 5.79. The Morgan fingerprint density at radius 3 is 2.71 bits per heavy atom. The summed E-state index contributed by atoms with van der Waals surface area (Å²) in [5, 5.41) is 14.6. The van der Waals surface area contributed by atoms with Gasteiger partial charge in [0.15, 0.2) is 0 Å². The summed E-state index contributed by atoms with van der Waals surface area (Å²) in [5.74, 6) is -0.0696. The van der Waals surface area contributed by atoms with E-state index in [4.69, 9.17) is 0 Å². The van der Waals surface area contributed by atoms with E-state index in [0.29, 0.717) is 11.7 Å². The molecule has 2 aromatic heterocycles. The Labute approximate surface area is 123 Å². The van der Waals surface area contributed by atoms with E-state index >= 15 is 0 Å². The van der Waals surface area contributed by atoms with Crippen LogP contribution >= 0.6 is 0 Å². The van der Waals surface area contributed by atoms with E-state index in [1.807, 2.05) is 25.6 Å². The molecule has 1 aliphatic carbocycles. The van der Waals surface area contributed by atoms with Gasteiger partial charge in [0.2, 0.25) is 0 Å². The van der Waals surface area contributed by atoms with Crippen molar-refractivity contribution in [1.82, 2.24) is 25.3 Å². The lowest BCUT2D eigenvalue weighted by molar-refractivity contribution is 0.0933. The smallest absolute Gasteiger partial charge is 0.269 e. The van der Waals surface area contributed by atoms with Crippen LogP contribution in [0.25, 0.3) is 11.3 Å². The number of rotatable bonds is 3. The normalized spacial score (nSPS) is 15.6. The minimum Gasteiger partial charge on any atom is -0.348 e. The van der Waals surface area contributed by atoms with Gasteiger partial charge < -0.3 is 5.32 Å².